The van der Waals surface area contributed by atoms with Gasteiger partial charge in [-0.05, 0) is 31.2 Å². The molecule has 0 unspecified atom stereocenters. The molecule has 1 rings (SSSR count). The highest BCUT2D eigenvalue weighted by atomic mass is 16.5. The van der Waals surface area contributed by atoms with Crippen LogP contribution >= 0.6 is 0 Å². The Hall–Kier alpha value is -2.37. The number of nitrogens with one attached hydrogen (secondary N) is 2. The minimum absolute atomic E-state index is 0.0884. The van der Waals surface area contributed by atoms with Gasteiger partial charge < -0.3 is 15.4 Å². The highest BCUT2D eigenvalue weighted by molar-refractivity contribution is 5.97. The van der Waals surface area contributed by atoms with Gasteiger partial charge in [-0.3, -0.25) is 14.4 Å². The Morgan fingerprint density at radius 3 is 2.29 bits per heavy atom. The molecule has 6 nitrogen and oxygen atoms in total. The van der Waals surface area contributed by atoms with Crippen molar-refractivity contribution in [3.05, 3.63) is 29.8 Å². The topological polar surface area (TPSA) is 84.5 Å². The van der Waals surface area contributed by atoms with Gasteiger partial charge in [0.1, 0.15) is 6.54 Å². The standard InChI is InChI=1S/C15H20N2O4/c1-4-21-13(18)9-16-15(20)11-5-7-12(8-6-11)17-14(19)10(2)3/h5-8,10H,4,9H2,1-3H3,(H,16,20)(H,17,19). The van der Waals surface area contributed by atoms with Crippen molar-refractivity contribution in [1.82, 2.24) is 5.32 Å². The van der Waals surface area contributed by atoms with Crippen LogP contribution in [0.3, 0.4) is 0 Å². The zero-order chi connectivity index (χ0) is 15.8. The molecular formula is C15H20N2O4. The molecule has 0 bridgehead atoms. The summed E-state index contributed by atoms with van der Waals surface area (Å²) < 4.78 is 4.71. The minimum atomic E-state index is -0.480. The summed E-state index contributed by atoms with van der Waals surface area (Å²) in [5.41, 5.74) is 1.03. The van der Waals surface area contributed by atoms with Gasteiger partial charge >= 0.3 is 5.97 Å². The van der Waals surface area contributed by atoms with E-state index in [4.69, 9.17) is 4.74 Å². The Morgan fingerprint density at radius 1 is 1.14 bits per heavy atom. The van der Waals surface area contributed by atoms with Gasteiger partial charge in [0.05, 0.1) is 6.61 Å². The number of hydrogen-bond donors (Lipinski definition) is 2. The van der Waals surface area contributed by atoms with Crippen molar-refractivity contribution < 1.29 is 19.1 Å². The first-order chi connectivity index (χ1) is 9.93. The van der Waals surface area contributed by atoms with Crippen molar-refractivity contribution in [1.29, 1.82) is 0 Å². The fourth-order valence-electron chi connectivity index (χ4n) is 1.46. The normalized spacial score (nSPS) is 10.1. The largest absolute Gasteiger partial charge is 0.465 e. The first-order valence-electron chi connectivity index (χ1n) is 6.78. The Morgan fingerprint density at radius 2 is 1.76 bits per heavy atom. The van der Waals surface area contributed by atoms with E-state index in [1.54, 1.807) is 45.0 Å². The molecule has 0 aliphatic heterocycles. The van der Waals surface area contributed by atoms with E-state index in [1.807, 2.05) is 0 Å². The number of benzene rings is 1. The molecule has 21 heavy (non-hydrogen) atoms. The van der Waals surface area contributed by atoms with Crippen LogP contribution in [0.4, 0.5) is 5.69 Å². The number of ether oxygens (including phenoxy) is 1. The fraction of sp³-hybridized carbons (Fsp3) is 0.400. The number of anilines is 1. The Bertz CT molecular complexity index is 509. The monoisotopic (exact) mass is 292 g/mol. The predicted molar refractivity (Wildman–Crippen MR) is 78.9 cm³/mol. The number of rotatable bonds is 6. The molecule has 0 heterocycles. The lowest BCUT2D eigenvalue weighted by molar-refractivity contribution is -0.141. The molecule has 0 aliphatic rings. The van der Waals surface area contributed by atoms with Crippen molar-refractivity contribution in [2.45, 2.75) is 20.8 Å². The Balaban J connectivity index is 2.55. The van der Waals surface area contributed by atoms with Gasteiger partial charge in [0, 0.05) is 17.2 Å². The van der Waals surface area contributed by atoms with Crippen LogP contribution in [0.5, 0.6) is 0 Å². The van der Waals surface area contributed by atoms with Gasteiger partial charge in [0.2, 0.25) is 5.91 Å². The van der Waals surface area contributed by atoms with Crippen molar-refractivity contribution in [2.24, 2.45) is 5.92 Å². The molecule has 0 aliphatic carbocycles. The second-order valence-electron chi connectivity index (χ2n) is 4.71. The SMILES string of the molecule is CCOC(=O)CNC(=O)c1ccc(NC(=O)C(C)C)cc1. The van der Waals surface area contributed by atoms with Gasteiger partial charge in [0.25, 0.3) is 5.91 Å². The fourth-order valence-corrected chi connectivity index (χ4v) is 1.46. The van der Waals surface area contributed by atoms with Crippen molar-refractivity contribution >= 4 is 23.5 Å². The van der Waals surface area contributed by atoms with Crippen LogP contribution in [-0.2, 0) is 14.3 Å². The number of amides is 2. The lowest BCUT2D eigenvalue weighted by Crippen LogP contribution is -2.30. The van der Waals surface area contributed by atoms with Crippen molar-refractivity contribution in [2.75, 3.05) is 18.5 Å². The molecule has 114 valence electrons. The maximum absolute atomic E-state index is 11.8. The summed E-state index contributed by atoms with van der Waals surface area (Å²) in [5.74, 6) is -1.05. The second-order valence-corrected chi connectivity index (χ2v) is 4.71. The van der Waals surface area contributed by atoms with E-state index in [2.05, 4.69) is 10.6 Å². The minimum Gasteiger partial charge on any atom is -0.465 e. The summed E-state index contributed by atoms with van der Waals surface area (Å²) in [6.07, 6.45) is 0. The predicted octanol–water partition coefficient (Wildman–Crippen LogP) is 1.57. The Kier molecular flexibility index (Phi) is 6.39. The van der Waals surface area contributed by atoms with Crippen LogP contribution in [-0.4, -0.2) is 30.9 Å². The zero-order valence-corrected chi connectivity index (χ0v) is 12.4. The summed E-state index contributed by atoms with van der Waals surface area (Å²) in [4.78, 5) is 34.5. The zero-order valence-electron chi connectivity index (χ0n) is 12.4. The Labute approximate surface area is 123 Å². The number of esters is 1. The van der Waals surface area contributed by atoms with Crippen LogP contribution in [0.2, 0.25) is 0 Å². The van der Waals surface area contributed by atoms with Gasteiger partial charge in [0.15, 0.2) is 0 Å². The lowest BCUT2D eigenvalue weighted by atomic mass is 10.1. The summed E-state index contributed by atoms with van der Waals surface area (Å²) >= 11 is 0. The first-order valence-corrected chi connectivity index (χ1v) is 6.78. The molecule has 0 radical (unpaired) electrons. The molecule has 0 atom stereocenters. The molecule has 0 spiro atoms. The molecule has 2 N–H and O–H groups in total. The summed E-state index contributed by atoms with van der Waals surface area (Å²) in [5, 5.41) is 5.19. The molecule has 0 aromatic heterocycles. The van der Waals surface area contributed by atoms with Gasteiger partial charge in [-0.1, -0.05) is 13.8 Å². The maximum atomic E-state index is 11.8. The molecule has 1 aromatic rings. The molecule has 2 amide bonds. The van der Waals surface area contributed by atoms with Crippen molar-refractivity contribution in [3.63, 3.8) is 0 Å². The maximum Gasteiger partial charge on any atom is 0.325 e. The van der Waals surface area contributed by atoms with E-state index >= 15 is 0 Å². The average Bonchev–Trinajstić information content (AvgIpc) is 2.45. The van der Waals surface area contributed by atoms with Gasteiger partial charge in [-0.2, -0.15) is 0 Å². The van der Waals surface area contributed by atoms with Crippen LogP contribution in [0, 0.1) is 5.92 Å². The number of carbonyl (C=O) groups is 3. The summed E-state index contributed by atoms with van der Waals surface area (Å²) in [7, 11) is 0. The van der Waals surface area contributed by atoms with E-state index < -0.39 is 5.97 Å². The van der Waals surface area contributed by atoms with Gasteiger partial charge in [-0.25, -0.2) is 0 Å². The van der Waals surface area contributed by atoms with Crippen LogP contribution in [0.1, 0.15) is 31.1 Å². The molecule has 0 saturated heterocycles. The lowest BCUT2D eigenvalue weighted by Gasteiger charge is -2.09. The third-order valence-corrected chi connectivity index (χ3v) is 2.64. The van der Waals surface area contributed by atoms with Crippen LogP contribution in [0.15, 0.2) is 24.3 Å². The highest BCUT2D eigenvalue weighted by Gasteiger charge is 2.10. The first kappa shape index (κ1) is 16.7. The van der Waals surface area contributed by atoms with E-state index in [0.717, 1.165) is 0 Å². The molecule has 0 saturated carbocycles. The molecule has 6 heteroatoms. The average molecular weight is 292 g/mol. The summed E-state index contributed by atoms with van der Waals surface area (Å²) in [6.45, 7) is 5.40. The molecule has 1 aromatic carbocycles. The molecule has 0 fully saturated rings. The van der Waals surface area contributed by atoms with Crippen LogP contribution in [0.25, 0.3) is 0 Å². The second kappa shape index (κ2) is 8.04. The highest BCUT2D eigenvalue weighted by Crippen LogP contribution is 2.11. The van der Waals surface area contributed by atoms with E-state index in [1.165, 1.54) is 0 Å². The number of hydrogen-bond acceptors (Lipinski definition) is 4. The molecular weight excluding hydrogens is 272 g/mol. The van der Waals surface area contributed by atoms with E-state index in [0.29, 0.717) is 11.3 Å². The smallest absolute Gasteiger partial charge is 0.325 e. The van der Waals surface area contributed by atoms with Gasteiger partial charge in [-0.15, -0.1) is 0 Å². The van der Waals surface area contributed by atoms with E-state index in [9.17, 15) is 14.4 Å². The number of carbonyl (C=O) groups excluding carboxylic acids is 3. The third-order valence-electron chi connectivity index (χ3n) is 2.64. The van der Waals surface area contributed by atoms with Crippen molar-refractivity contribution in [3.8, 4) is 0 Å². The quantitative estimate of drug-likeness (QED) is 0.780. The summed E-state index contributed by atoms with van der Waals surface area (Å²) in [6, 6.07) is 6.44. The third kappa shape index (κ3) is 5.64. The van der Waals surface area contributed by atoms with Crippen LogP contribution < -0.4 is 10.6 Å². The van der Waals surface area contributed by atoms with E-state index in [-0.39, 0.29) is 30.9 Å².